The Labute approximate surface area is 146 Å². The molecule has 0 saturated carbocycles. The van der Waals surface area contributed by atoms with Crippen molar-refractivity contribution in [3.8, 4) is 0 Å². The average Bonchev–Trinajstić information content (AvgIpc) is 3.17. The zero-order chi connectivity index (χ0) is 17.2. The molecule has 1 unspecified atom stereocenters. The highest BCUT2D eigenvalue weighted by molar-refractivity contribution is 5.99. The van der Waals surface area contributed by atoms with Gasteiger partial charge in [-0.1, -0.05) is 18.2 Å². The van der Waals surface area contributed by atoms with E-state index in [0.29, 0.717) is 0 Å². The number of nitrogens with zero attached hydrogens (tertiary/aromatic N) is 3. The highest BCUT2D eigenvalue weighted by atomic mass is 16.2. The molecule has 4 rings (SSSR count). The van der Waals surface area contributed by atoms with Gasteiger partial charge in [0.2, 0.25) is 0 Å². The standard InChI is InChI=1S/C19H21N5O/c1-13-8-9-14-5-4-6-15(17(14)22-13)23-19(25)24-12-3-2-7-16(24)18-20-10-11-21-18/h4-6,8-11,16H,2-3,7,12H2,1H3,(H,20,21)(H,23,25). The number of pyridine rings is 1. The largest absolute Gasteiger partial charge is 0.347 e. The maximum atomic E-state index is 12.9. The molecule has 6 nitrogen and oxygen atoms in total. The Morgan fingerprint density at radius 1 is 1.28 bits per heavy atom. The van der Waals surface area contributed by atoms with Gasteiger partial charge in [-0.2, -0.15) is 0 Å². The normalized spacial score (nSPS) is 17.6. The number of piperidine rings is 1. The second-order valence-corrected chi connectivity index (χ2v) is 6.44. The molecule has 3 aromatic rings. The van der Waals surface area contributed by atoms with Crippen molar-refractivity contribution in [3.05, 3.63) is 54.2 Å². The van der Waals surface area contributed by atoms with E-state index in [1.165, 1.54) is 0 Å². The predicted molar refractivity (Wildman–Crippen MR) is 97.4 cm³/mol. The van der Waals surface area contributed by atoms with Crippen molar-refractivity contribution in [1.82, 2.24) is 19.9 Å². The number of benzene rings is 1. The molecule has 128 valence electrons. The van der Waals surface area contributed by atoms with E-state index in [9.17, 15) is 4.79 Å². The molecule has 0 bridgehead atoms. The number of aromatic nitrogens is 3. The number of H-pyrrole nitrogens is 1. The fourth-order valence-corrected chi connectivity index (χ4v) is 3.45. The molecule has 2 N–H and O–H groups in total. The van der Waals surface area contributed by atoms with Crippen molar-refractivity contribution < 1.29 is 4.79 Å². The number of para-hydroxylation sites is 1. The number of anilines is 1. The van der Waals surface area contributed by atoms with Crippen LogP contribution in [0.4, 0.5) is 10.5 Å². The van der Waals surface area contributed by atoms with Gasteiger partial charge in [0.1, 0.15) is 5.82 Å². The van der Waals surface area contributed by atoms with E-state index in [-0.39, 0.29) is 12.1 Å². The molecule has 25 heavy (non-hydrogen) atoms. The van der Waals surface area contributed by atoms with Gasteiger partial charge in [0.25, 0.3) is 0 Å². The fourth-order valence-electron chi connectivity index (χ4n) is 3.45. The summed E-state index contributed by atoms with van der Waals surface area (Å²) in [7, 11) is 0. The summed E-state index contributed by atoms with van der Waals surface area (Å²) in [6.45, 7) is 2.68. The van der Waals surface area contributed by atoms with Gasteiger partial charge in [0.15, 0.2) is 0 Å². The van der Waals surface area contributed by atoms with E-state index in [1.807, 2.05) is 42.2 Å². The number of carbonyl (C=O) groups excluding carboxylic acids is 1. The lowest BCUT2D eigenvalue weighted by molar-refractivity contribution is 0.160. The number of likely N-dealkylation sites (tertiary alicyclic amines) is 1. The molecule has 1 aliphatic rings. The topological polar surface area (TPSA) is 73.9 Å². The van der Waals surface area contributed by atoms with Crippen LogP contribution in [-0.4, -0.2) is 32.4 Å². The third-order valence-corrected chi connectivity index (χ3v) is 4.70. The summed E-state index contributed by atoms with van der Waals surface area (Å²) >= 11 is 0. The van der Waals surface area contributed by atoms with Crippen LogP contribution in [0.1, 0.15) is 36.8 Å². The van der Waals surface area contributed by atoms with Crippen LogP contribution in [0.3, 0.4) is 0 Å². The summed E-state index contributed by atoms with van der Waals surface area (Å²) in [5.74, 6) is 0.849. The number of amides is 2. The lowest BCUT2D eigenvalue weighted by Gasteiger charge is -2.34. The molecular weight excluding hydrogens is 314 g/mol. The van der Waals surface area contributed by atoms with Crippen LogP contribution in [0, 0.1) is 6.92 Å². The number of hydrogen-bond donors (Lipinski definition) is 2. The van der Waals surface area contributed by atoms with Crippen LogP contribution < -0.4 is 5.32 Å². The van der Waals surface area contributed by atoms with Crippen molar-refractivity contribution in [2.45, 2.75) is 32.2 Å². The Balaban J connectivity index is 1.62. The number of rotatable bonds is 2. The first-order valence-corrected chi connectivity index (χ1v) is 8.65. The van der Waals surface area contributed by atoms with Gasteiger partial charge >= 0.3 is 6.03 Å². The Morgan fingerprint density at radius 2 is 2.20 bits per heavy atom. The zero-order valence-electron chi connectivity index (χ0n) is 14.2. The van der Waals surface area contributed by atoms with E-state index in [4.69, 9.17) is 0 Å². The van der Waals surface area contributed by atoms with Crippen molar-refractivity contribution in [1.29, 1.82) is 0 Å². The van der Waals surface area contributed by atoms with Crippen molar-refractivity contribution in [3.63, 3.8) is 0 Å². The van der Waals surface area contributed by atoms with Crippen LogP contribution in [0.5, 0.6) is 0 Å². The zero-order valence-corrected chi connectivity index (χ0v) is 14.2. The van der Waals surface area contributed by atoms with Gasteiger partial charge in [0.05, 0.1) is 17.2 Å². The summed E-state index contributed by atoms with van der Waals surface area (Å²) in [6.07, 6.45) is 6.57. The van der Waals surface area contributed by atoms with Crippen LogP contribution in [0.2, 0.25) is 0 Å². The van der Waals surface area contributed by atoms with Gasteiger partial charge < -0.3 is 15.2 Å². The number of hydrogen-bond acceptors (Lipinski definition) is 3. The molecule has 6 heteroatoms. The minimum absolute atomic E-state index is 0.00609. The summed E-state index contributed by atoms with van der Waals surface area (Å²) < 4.78 is 0. The lowest BCUT2D eigenvalue weighted by Crippen LogP contribution is -2.41. The number of imidazole rings is 1. The van der Waals surface area contributed by atoms with E-state index in [0.717, 1.165) is 53.9 Å². The lowest BCUT2D eigenvalue weighted by atomic mass is 10.0. The SMILES string of the molecule is Cc1ccc2cccc(NC(=O)N3CCCCC3c3ncc[nH]3)c2n1. The molecule has 0 radical (unpaired) electrons. The van der Waals surface area contributed by atoms with E-state index < -0.39 is 0 Å². The molecule has 1 aliphatic heterocycles. The molecule has 1 saturated heterocycles. The predicted octanol–water partition coefficient (Wildman–Crippen LogP) is 4.03. The molecule has 0 aliphatic carbocycles. The first-order chi connectivity index (χ1) is 12.2. The highest BCUT2D eigenvalue weighted by Gasteiger charge is 2.29. The quantitative estimate of drug-likeness (QED) is 0.742. The average molecular weight is 335 g/mol. The molecule has 0 spiro atoms. The van der Waals surface area contributed by atoms with Crippen molar-refractivity contribution in [2.24, 2.45) is 0 Å². The first kappa shape index (κ1) is 15.6. The molecular formula is C19H21N5O. The minimum atomic E-state index is -0.100. The number of fused-ring (bicyclic) bond motifs is 1. The van der Waals surface area contributed by atoms with Gasteiger partial charge in [-0.15, -0.1) is 0 Å². The van der Waals surface area contributed by atoms with Crippen LogP contribution >= 0.6 is 0 Å². The Bertz CT molecular complexity index is 890. The maximum absolute atomic E-state index is 12.9. The van der Waals surface area contributed by atoms with Crippen LogP contribution in [-0.2, 0) is 0 Å². The Kier molecular flexibility index (Phi) is 4.09. The minimum Gasteiger partial charge on any atom is -0.347 e. The van der Waals surface area contributed by atoms with Crippen molar-refractivity contribution in [2.75, 3.05) is 11.9 Å². The van der Waals surface area contributed by atoms with E-state index >= 15 is 0 Å². The van der Waals surface area contributed by atoms with Crippen molar-refractivity contribution >= 4 is 22.6 Å². The van der Waals surface area contributed by atoms with Crippen LogP contribution in [0.15, 0.2) is 42.7 Å². The number of aryl methyl sites for hydroxylation is 1. The smallest absolute Gasteiger partial charge is 0.322 e. The number of aromatic amines is 1. The number of urea groups is 1. The van der Waals surface area contributed by atoms with Gasteiger partial charge in [0, 0.05) is 30.0 Å². The Morgan fingerprint density at radius 3 is 3.04 bits per heavy atom. The molecule has 1 atom stereocenters. The number of nitrogens with one attached hydrogen (secondary N) is 2. The first-order valence-electron chi connectivity index (χ1n) is 8.65. The molecule has 2 aromatic heterocycles. The molecule has 2 amide bonds. The summed E-state index contributed by atoms with van der Waals surface area (Å²) in [5, 5.41) is 4.07. The maximum Gasteiger partial charge on any atom is 0.322 e. The Hall–Kier alpha value is -2.89. The summed E-state index contributed by atoms with van der Waals surface area (Å²) in [6, 6.07) is 9.74. The van der Waals surface area contributed by atoms with E-state index in [2.05, 4.69) is 20.3 Å². The highest BCUT2D eigenvalue weighted by Crippen LogP contribution is 2.30. The summed E-state index contributed by atoms with van der Waals surface area (Å²) in [4.78, 5) is 26.9. The molecule has 1 fully saturated rings. The van der Waals surface area contributed by atoms with Crippen LogP contribution in [0.25, 0.3) is 10.9 Å². The molecule has 3 heterocycles. The molecule has 1 aromatic carbocycles. The van der Waals surface area contributed by atoms with E-state index in [1.54, 1.807) is 12.4 Å². The van der Waals surface area contributed by atoms with Gasteiger partial charge in [-0.25, -0.2) is 9.78 Å². The second kappa shape index (κ2) is 6.55. The monoisotopic (exact) mass is 335 g/mol. The van der Waals surface area contributed by atoms with Gasteiger partial charge in [-0.05, 0) is 38.3 Å². The van der Waals surface area contributed by atoms with Gasteiger partial charge in [-0.3, -0.25) is 4.98 Å². The third-order valence-electron chi connectivity index (χ3n) is 4.70. The summed E-state index contributed by atoms with van der Waals surface area (Å²) in [5.41, 5.74) is 2.50. The third kappa shape index (κ3) is 3.07. The fraction of sp³-hybridized carbons (Fsp3) is 0.316. The number of carbonyl (C=O) groups is 1. The second-order valence-electron chi connectivity index (χ2n) is 6.44.